The summed E-state index contributed by atoms with van der Waals surface area (Å²) in [6, 6.07) is 0. The molecule has 0 aliphatic heterocycles. The Bertz CT molecular complexity index is 693. The number of ketones is 6. The largest absolute Gasteiger partial charge is 0.311 e. The van der Waals surface area contributed by atoms with Crippen LogP contribution in [-0.4, -0.2) is 63.5 Å². The Hall–Kier alpha value is -1.47. The molecule has 0 bridgehead atoms. The van der Waals surface area contributed by atoms with Gasteiger partial charge in [-0.15, -0.1) is 0 Å². The van der Waals surface area contributed by atoms with Gasteiger partial charge in [0.1, 0.15) is 0 Å². The Labute approximate surface area is 256 Å². The summed E-state index contributed by atoms with van der Waals surface area (Å²) in [7, 11) is 0. The molecule has 6 N–H and O–H groups in total. The molecule has 0 rings (SSSR count). The van der Waals surface area contributed by atoms with Crippen molar-refractivity contribution in [2.75, 3.05) is 0 Å². The first kappa shape index (κ1) is 45.5. The molecule has 0 aromatic heterocycles. The molecule has 237 valence electrons. The first-order chi connectivity index (χ1) is 16.6. The number of hydrogen-bond donors (Lipinski definition) is 0. The smallest absolute Gasteiger partial charge is 0.282 e. The second-order valence-electron chi connectivity index (χ2n) is 16.7. The minimum atomic E-state index is -0.251. The van der Waals surface area contributed by atoms with Gasteiger partial charge in [-0.2, -0.15) is 0 Å². The molecule has 0 aliphatic rings. The van der Waals surface area contributed by atoms with Gasteiger partial charge in [0, 0.05) is 16.8 Å². The monoisotopic (exact) mass is 617 g/mol. The zero-order valence-corrected chi connectivity index (χ0v) is 30.2. The zero-order valence-electron chi connectivity index (χ0n) is 29.1. The molecule has 0 amide bonds. The van der Waals surface area contributed by atoms with Crippen molar-refractivity contribution >= 4 is 34.7 Å². The van der Waals surface area contributed by atoms with Crippen LogP contribution < -0.4 is 0 Å². The molecule has 0 saturated heterocycles. The predicted octanol–water partition coefficient (Wildman–Crippen LogP) is 7.67. The molecule has 7 heteroatoms. The van der Waals surface area contributed by atoms with E-state index in [1.165, 1.54) is 0 Å². The first-order valence-corrected chi connectivity index (χ1v) is 14.0. The van der Waals surface area contributed by atoms with Crippen LogP contribution >= 0.6 is 0 Å². The van der Waals surface area contributed by atoms with E-state index in [2.05, 4.69) is 0 Å². The third kappa shape index (κ3) is 21.3. The third-order valence-electron chi connectivity index (χ3n) is 6.20. The molecule has 40 heavy (non-hydrogen) atoms. The summed E-state index contributed by atoms with van der Waals surface area (Å²) in [5, 5.41) is 0. The van der Waals surface area contributed by atoms with Crippen molar-refractivity contribution in [3.8, 4) is 0 Å². The molecule has 0 saturated carbocycles. The number of carbonyl (C=O) groups excluding carboxylic acids is 6. The number of hydrogen-bond acceptors (Lipinski definition) is 0. The van der Waals surface area contributed by atoms with E-state index in [9.17, 15) is 28.8 Å². The van der Waals surface area contributed by atoms with Crippen molar-refractivity contribution in [2.24, 2.45) is 32.5 Å². The van der Waals surface area contributed by atoms with E-state index >= 15 is 0 Å². The van der Waals surface area contributed by atoms with Gasteiger partial charge in [-0.1, -0.05) is 0 Å². The average molecular weight is 618 g/mol. The van der Waals surface area contributed by atoms with Gasteiger partial charge in [0.05, 0.1) is 32.5 Å². The molecule has 0 spiro atoms. The van der Waals surface area contributed by atoms with E-state index in [-0.39, 0.29) is 68.5 Å². The van der Waals surface area contributed by atoms with Gasteiger partial charge in [-0.3, -0.25) is 28.8 Å². The Balaban J connectivity index is -0.000000240. The van der Waals surface area contributed by atoms with Crippen molar-refractivity contribution in [2.45, 2.75) is 144 Å². The maximum absolute atomic E-state index is 9.66. The van der Waals surface area contributed by atoms with Gasteiger partial charge in [0.2, 0.25) is 0 Å². The molecule has 0 aromatic carbocycles. The molecular formula is C33H66CoO6+6. The van der Waals surface area contributed by atoms with Crippen LogP contribution in [0, 0.1) is 32.5 Å². The van der Waals surface area contributed by atoms with Gasteiger partial charge in [-0.05, 0) is 125 Å². The summed E-state index contributed by atoms with van der Waals surface area (Å²) in [6.45, 7) is 34.7. The van der Waals surface area contributed by atoms with Crippen LogP contribution in [0.2, 0.25) is 0 Å². The standard InChI is InChI=1S/3C11H20O2.Co/c3*1-10(2,3)8(12)7-9(13)11(4,5)6;/h3*7H2,1-6H3;/p+6. The van der Waals surface area contributed by atoms with E-state index < -0.39 is 0 Å². The van der Waals surface area contributed by atoms with Gasteiger partial charge >= 0.3 is 34.7 Å². The van der Waals surface area contributed by atoms with Gasteiger partial charge < -0.3 is 0 Å². The Morgan fingerprint density at radius 2 is 0.350 bits per heavy atom. The SMILES string of the molecule is CC(C)(C)C(=[OH+])CC(=[OH+])C(C)(C)C.CC(C)(C)C(=[OH+])CC(=[OH+])C(C)(C)C.CC(C)(C)C(=[OH+])CC(=[OH+])C(C)(C)C.[Co]. The fourth-order valence-electron chi connectivity index (χ4n) is 2.07. The zero-order chi connectivity index (χ0) is 32.6. The molecule has 0 unspecified atom stereocenters. The molecule has 0 fully saturated rings. The molecule has 0 atom stereocenters. The van der Waals surface area contributed by atoms with Crippen LogP contribution in [0.3, 0.4) is 0 Å². The van der Waals surface area contributed by atoms with E-state index in [0.29, 0.717) is 34.7 Å². The minimum Gasteiger partial charge on any atom is -0.282 e. The maximum Gasteiger partial charge on any atom is 0.311 e. The predicted molar refractivity (Wildman–Crippen MR) is 172 cm³/mol. The van der Waals surface area contributed by atoms with Gasteiger partial charge in [0.25, 0.3) is 0 Å². The van der Waals surface area contributed by atoms with Gasteiger partial charge in [-0.25, -0.2) is 0 Å². The van der Waals surface area contributed by atoms with Crippen molar-refractivity contribution in [3.05, 3.63) is 0 Å². The molecule has 6 nitrogen and oxygen atoms in total. The van der Waals surface area contributed by atoms with Crippen molar-refractivity contribution < 1.29 is 45.5 Å². The van der Waals surface area contributed by atoms with Gasteiger partial charge in [0.15, 0.2) is 19.3 Å². The van der Waals surface area contributed by atoms with E-state index in [1.807, 2.05) is 125 Å². The second kappa shape index (κ2) is 16.2. The average Bonchev–Trinajstić information content (AvgIpc) is 2.64. The number of rotatable bonds is 6. The summed E-state index contributed by atoms with van der Waals surface area (Å²) in [5.74, 6) is 2.00. The van der Waals surface area contributed by atoms with Crippen LogP contribution in [0.1, 0.15) is 144 Å². The molecule has 1 radical (unpaired) electrons. The van der Waals surface area contributed by atoms with Crippen LogP contribution in [0.25, 0.3) is 0 Å². The van der Waals surface area contributed by atoms with Crippen molar-refractivity contribution in [3.63, 3.8) is 0 Å². The van der Waals surface area contributed by atoms with Crippen molar-refractivity contribution in [1.82, 2.24) is 0 Å². The normalized spacial score (nSPS) is 12.4. The topological polar surface area (TPSA) is 128 Å². The van der Waals surface area contributed by atoms with Crippen molar-refractivity contribution in [1.29, 1.82) is 0 Å². The Morgan fingerprint density at radius 1 is 0.275 bits per heavy atom. The summed E-state index contributed by atoms with van der Waals surface area (Å²) in [4.78, 5) is 57.9. The quantitative estimate of drug-likeness (QED) is 0.214. The molecule has 0 aromatic rings. The summed E-state index contributed by atoms with van der Waals surface area (Å²) >= 11 is 0. The van der Waals surface area contributed by atoms with Crippen LogP contribution in [0.15, 0.2) is 0 Å². The summed E-state index contributed by atoms with van der Waals surface area (Å²) in [5.41, 5.74) is -1.50. The van der Waals surface area contributed by atoms with Crippen LogP contribution in [0.4, 0.5) is 0 Å². The fraction of sp³-hybridized carbons (Fsp3) is 0.818. The second-order valence-corrected chi connectivity index (χ2v) is 16.7. The minimum absolute atomic E-state index is 0. The third-order valence-corrected chi connectivity index (χ3v) is 6.20. The Kier molecular flexibility index (Phi) is 18.5. The first-order valence-electron chi connectivity index (χ1n) is 14.0. The summed E-state index contributed by atoms with van der Waals surface area (Å²) in [6.07, 6.45) is 0.854. The van der Waals surface area contributed by atoms with Crippen LogP contribution in [-0.2, 0) is 16.8 Å². The van der Waals surface area contributed by atoms with E-state index in [4.69, 9.17) is 0 Å². The molecule has 0 aliphatic carbocycles. The maximum atomic E-state index is 9.66. The van der Waals surface area contributed by atoms with E-state index in [0.717, 1.165) is 0 Å². The molecular weight excluding hydrogens is 551 g/mol. The Morgan fingerprint density at radius 3 is 0.400 bits per heavy atom. The molecule has 0 heterocycles. The van der Waals surface area contributed by atoms with E-state index in [1.54, 1.807) is 0 Å². The van der Waals surface area contributed by atoms with Crippen LogP contribution in [0.5, 0.6) is 0 Å². The fourth-order valence-corrected chi connectivity index (χ4v) is 2.07. The summed E-state index contributed by atoms with van der Waals surface area (Å²) < 4.78 is 0.